The van der Waals surface area contributed by atoms with Crippen molar-refractivity contribution in [3.05, 3.63) is 72.0 Å². The molecule has 0 unspecified atom stereocenters. The number of nitrogens with zero attached hydrogens (tertiary/aromatic N) is 2. The molecule has 4 rings (SSSR count). The largest absolute Gasteiger partial charge is 0.350 e. The molecule has 0 bridgehead atoms. The van der Waals surface area contributed by atoms with Gasteiger partial charge in [0, 0.05) is 30.4 Å². The maximum Gasteiger partial charge on any atom is 0.265 e. The number of hydrogen-bond acceptors (Lipinski definition) is 4. The lowest BCUT2D eigenvalue weighted by Crippen LogP contribution is -2.53. The Balaban J connectivity index is 1.53. The molecule has 0 fully saturated rings. The summed E-state index contributed by atoms with van der Waals surface area (Å²) in [4.78, 5) is 28.5. The first-order valence-electron chi connectivity index (χ1n) is 12.8. The van der Waals surface area contributed by atoms with E-state index in [2.05, 4.69) is 5.32 Å². The van der Waals surface area contributed by atoms with Gasteiger partial charge in [0.1, 0.15) is 11.9 Å². The van der Waals surface area contributed by atoms with Crippen LogP contribution in [0.5, 0.6) is 0 Å². The minimum absolute atomic E-state index is 0.0544. The van der Waals surface area contributed by atoms with E-state index in [0.717, 1.165) is 5.39 Å². The van der Waals surface area contributed by atoms with Crippen LogP contribution in [0.1, 0.15) is 52.5 Å². The Morgan fingerprint density at radius 2 is 1.68 bits per heavy atom. The van der Waals surface area contributed by atoms with E-state index in [9.17, 15) is 22.4 Å². The molecule has 1 aliphatic heterocycles. The molecule has 9 heteroatoms. The van der Waals surface area contributed by atoms with Crippen LogP contribution in [0, 0.1) is 5.82 Å². The summed E-state index contributed by atoms with van der Waals surface area (Å²) in [5.41, 5.74) is 0.839. The summed E-state index contributed by atoms with van der Waals surface area (Å²) >= 11 is 0. The van der Waals surface area contributed by atoms with Gasteiger partial charge in [-0.2, -0.15) is 0 Å². The second-order valence-corrected chi connectivity index (χ2v) is 12.5. The minimum atomic E-state index is -3.72. The third-order valence-electron chi connectivity index (χ3n) is 6.58. The zero-order valence-electron chi connectivity index (χ0n) is 22.2. The first-order chi connectivity index (χ1) is 17.9. The van der Waals surface area contributed by atoms with Crippen LogP contribution in [0.4, 0.5) is 10.1 Å². The molecule has 38 heavy (non-hydrogen) atoms. The highest BCUT2D eigenvalue weighted by Gasteiger charge is 2.36. The Bertz CT molecular complexity index is 1440. The molecule has 1 aliphatic rings. The number of hydrogen-bond donors (Lipinski definition) is 1. The average molecular weight is 540 g/mol. The van der Waals surface area contributed by atoms with Gasteiger partial charge in [0.25, 0.3) is 10.0 Å². The Hall–Kier alpha value is -3.46. The summed E-state index contributed by atoms with van der Waals surface area (Å²) in [6.07, 6.45) is 0.727. The zero-order valence-corrected chi connectivity index (χ0v) is 23.0. The molecular weight excluding hydrogens is 505 g/mol. The van der Waals surface area contributed by atoms with Crippen LogP contribution in [-0.2, 0) is 26.2 Å². The monoisotopic (exact) mass is 539 g/mol. The van der Waals surface area contributed by atoms with Crippen LogP contribution in [-0.4, -0.2) is 43.3 Å². The fourth-order valence-electron chi connectivity index (χ4n) is 4.88. The topological polar surface area (TPSA) is 86.8 Å². The molecule has 2 amide bonds. The second-order valence-electron chi connectivity index (χ2n) is 10.6. The number of amides is 2. The van der Waals surface area contributed by atoms with E-state index in [0.29, 0.717) is 23.1 Å². The summed E-state index contributed by atoms with van der Waals surface area (Å²) in [6, 6.07) is 15.8. The van der Waals surface area contributed by atoms with Crippen molar-refractivity contribution in [3.8, 4) is 0 Å². The standard InChI is InChI=1S/C29H34FN3O4S/c1-5-23(28(35)31-29(2,3)4)32(19-20-14-16-22(30)17-15-20)26(34)13-8-18-33-24-11-6-9-21-10-7-12-25(27(21)24)38(33,36)37/h6-7,9-12,14-17,23H,5,8,13,18-19H2,1-4H3,(H,31,35)/t23-/m1/s1. The molecule has 0 spiro atoms. The Morgan fingerprint density at radius 3 is 2.32 bits per heavy atom. The van der Waals surface area contributed by atoms with E-state index in [1.165, 1.54) is 21.3 Å². The van der Waals surface area contributed by atoms with E-state index in [1.807, 2.05) is 45.9 Å². The highest BCUT2D eigenvalue weighted by molar-refractivity contribution is 7.93. The molecular formula is C29H34FN3O4S. The van der Waals surface area contributed by atoms with Crippen molar-refractivity contribution in [1.29, 1.82) is 0 Å². The van der Waals surface area contributed by atoms with Crippen molar-refractivity contribution in [2.45, 2.75) is 70.0 Å². The molecule has 7 nitrogen and oxygen atoms in total. The third-order valence-corrected chi connectivity index (χ3v) is 8.44. The first-order valence-corrected chi connectivity index (χ1v) is 14.3. The van der Waals surface area contributed by atoms with E-state index >= 15 is 0 Å². The van der Waals surface area contributed by atoms with E-state index < -0.39 is 21.6 Å². The molecule has 3 aromatic carbocycles. The van der Waals surface area contributed by atoms with Crippen molar-refractivity contribution in [2.24, 2.45) is 0 Å². The molecule has 1 atom stereocenters. The molecule has 1 heterocycles. The molecule has 0 saturated carbocycles. The highest BCUT2D eigenvalue weighted by atomic mass is 32.2. The molecule has 3 aromatic rings. The number of sulfonamides is 1. The molecule has 202 valence electrons. The Labute approximate surface area is 223 Å². The van der Waals surface area contributed by atoms with Gasteiger partial charge < -0.3 is 10.2 Å². The van der Waals surface area contributed by atoms with Crippen LogP contribution >= 0.6 is 0 Å². The van der Waals surface area contributed by atoms with Crippen molar-refractivity contribution in [1.82, 2.24) is 10.2 Å². The lowest BCUT2D eigenvalue weighted by molar-refractivity contribution is -0.142. The predicted octanol–water partition coefficient (Wildman–Crippen LogP) is 4.99. The average Bonchev–Trinajstić information content (AvgIpc) is 3.07. The number of benzene rings is 3. The number of nitrogens with one attached hydrogen (secondary N) is 1. The SMILES string of the molecule is CC[C@H](C(=O)NC(C)(C)C)N(Cc1ccc(F)cc1)C(=O)CCCN1c2cccc3cccc(c23)S1(=O)=O. The van der Waals surface area contributed by atoms with Gasteiger partial charge in [0.2, 0.25) is 11.8 Å². The van der Waals surface area contributed by atoms with E-state index in [-0.39, 0.29) is 48.5 Å². The maximum atomic E-state index is 13.5. The van der Waals surface area contributed by atoms with Gasteiger partial charge in [0.15, 0.2) is 0 Å². The van der Waals surface area contributed by atoms with Crippen LogP contribution < -0.4 is 9.62 Å². The fraction of sp³-hybridized carbons (Fsp3) is 0.379. The van der Waals surface area contributed by atoms with Gasteiger partial charge in [-0.3, -0.25) is 13.9 Å². The number of carbonyl (C=O) groups excluding carboxylic acids is 2. The van der Waals surface area contributed by atoms with Crippen LogP contribution in [0.3, 0.4) is 0 Å². The zero-order chi connectivity index (χ0) is 27.7. The second kappa shape index (κ2) is 10.7. The lowest BCUT2D eigenvalue weighted by atomic mass is 10.0. The first kappa shape index (κ1) is 27.6. The fourth-order valence-corrected chi connectivity index (χ4v) is 6.62. The maximum absolute atomic E-state index is 13.5. The molecule has 0 saturated heterocycles. The van der Waals surface area contributed by atoms with Gasteiger partial charge in [-0.1, -0.05) is 43.3 Å². The van der Waals surface area contributed by atoms with E-state index in [4.69, 9.17) is 0 Å². The van der Waals surface area contributed by atoms with Crippen LogP contribution in [0.25, 0.3) is 10.8 Å². The number of carbonyl (C=O) groups is 2. The Kier molecular flexibility index (Phi) is 7.78. The van der Waals surface area contributed by atoms with Gasteiger partial charge in [0.05, 0.1) is 10.6 Å². The number of rotatable bonds is 9. The summed E-state index contributed by atoms with van der Waals surface area (Å²) in [5, 5.41) is 4.50. The molecule has 0 aromatic heterocycles. The van der Waals surface area contributed by atoms with Gasteiger partial charge in [-0.25, -0.2) is 12.8 Å². The van der Waals surface area contributed by atoms with Gasteiger partial charge in [-0.05, 0) is 68.8 Å². The van der Waals surface area contributed by atoms with Crippen molar-refractivity contribution in [2.75, 3.05) is 10.8 Å². The van der Waals surface area contributed by atoms with Crippen LogP contribution in [0.2, 0.25) is 0 Å². The van der Waals surface area contributed by atoms with Gasteiger partial charge >= 0.3 is 0 Å². The summed E-state index contributed by atoms with van der Waals surface area (Å²) < 4.78 is 41.4. The molecule has 0 aliphatic carbocycles. The summed E-state index contributed by atoms with van der Waals surface area (Å²) in [7, 11) is -3.72. The summed E-state index contributed by atoms with van der Waals surface area (Å²) in [6.45, 7) is 7.74. The normalized spacial score (nSPS) is 14.9. The van der Waals surface area contributed by atoms with Crippen molar-refractivity contribution >= 4 is 38.3 Å². The highest BCUT2D eigenvalue weighted by Crippen LogP contribution is 2.42. The predicted molar refractivity (Wildman–Crippen MR) is 147 cm³/mol. The Morgan fingerprint density at radius 1 is 1.03 bits per heavy atom. The van der Waals surface area contributed by atoms with E-state index in [1.54, 1.807) is 30.3 Å². The van der Waals surface area contributed by atoms with Gasteiger partial charge in [-0.15, -0.1) is 0 Å². The number of anilines is 1. The van der Waals surface area contributed by atoms with Crippen LogP contribution in [0.15, 0.2) is 65.6 Å². The quantitative estimate of drug-likeness (QED) is 0.415. The number of halogens is 1. The third kappa shape index (κ3) is 5.67. The summed E-state index contributed by atoms with van der Waals surface area (Å²) in [5.74, 6) is -0.913. The minimum Gasteiger partial charge on any atom is -0.350 e. The molecule has 0 radical (unpaired) electrons. The van der Waals surface area contributed by atoms with Crippen molar-refractivity contribution in [3.63, 3.8) is 0 Å². The molecule has 1 N–H and O–H groups in total. The smallest absolute Gasteiger partial charge is 0.265 e. The lowest BCUT2D eigenvalue weighted by Gasteiger charge is -2.33. The van der Waals surface area contributed by atoms with Crippen molar-refractivity contribution < 1.29 is 22.4 Å².